The molecule has 0 fully saturated rings. The molecule has 1 heterocycles. The van der Waals surface area contributed by atoms with Crippen molar-refractivity contribution in [1.82, 2.24) is 4.98 Å². The molecule has 32 heavy (non-hydrogen) atoms. The zero-order valence-corrected chi connectivity index (χ0v) is 18.0. The Hall–Kier alpha value is -3.84. The van der Waals surface area contributed by atoms with Gasteiger partial charge in [0.15, 0.2) is 11.5 Å². The molecule has 0 atom stereocenters. The molecule has 8 heteroatoms. The first-order valence-electron chi connectivity index (χ1n) is 9.63. The van der Waals surface area contributed by atoms with Gasteiger partial charge in [0.1, 0.15) is 11.0 Å². The van der Waals surface area contributed by atoms with Crippen LogP contribution in [0.3, 0.4) is 0 Å². The third-order valence-electron chi connectivity index (χ3n) is 4.81. The van der Waals surface area contributed by atoms with Gasteiger partial charge in [-0.3, -0.25) is 4.79 Å². The predicted octanol–water partition coefficient (Wildman–Crippen LogP) is 6.04. The highest BCUT2D eigenvalue weighted by Crippen LogP contribution is 2.37. The van der Waals surface area contributed by atoms with Gasteiger partial charge < -0.3 is 20.1 Å². The van der Waals surface area contributed by atoms with Gasteiger partial charge in [0.05, 0.1) is 31.1 Å². The first kappa shape index (κ1) is 21.4. The second-order valence-electron chi connectivity index (χ2n) is 6.86. The van der Waals surface area contributed by atoms with E-state index < -0.39 is 11.7 Å². The average Bonchev–Trinajstić information content (AvgIpc) is 2.80. The van der Waals surface area contributed by atoms with Crippen LogP contribution in [-0.2, 0) is 0 Å². The van der Waals surface area contributed by atoms with E-state index in [9.17, 15) is 9.18 Å². The minimum absolute atomic E-state index is 0.0487. The Labute approximate surface area is 188 Å². The Morgan fingerprint density at radius 1 is 0.938 bits per heavy atom. The van der Waals surface area contributed by atoms with Crippen LogP contribution in [0, 0.1) is 5.82 Å². The average molecular weight is 452 g/mol. The minimum Gasteiger partial charge on any atom is -0.493 e. The molecule has 1 aromatic heterocycles. The van der Waals surface area contributed by atoms with Gasteiger partial charge in [-0.1, -0.05) is 29.8 Å². The summed E-state index contributed by atoms with van der Waals surface area (Å²) in [6.45, 7) is 0. The summed E-state index contributed by atoms with van der Waals surface area (Å²) in [6, 6.07) is 18.1. The van der Waals surface area contributed by atoms with Gasteiger partial charge in [0.2, 0.25) is 0 Å². The second kappa shape index (κ2) is 9.11. The van der Waals surface area contributed by atoms with E-state index in [0.717, 1.165) is 5.39 Å². The molecule has 0 aliphatic heterocycles. The Bertz CT molecular complexity index is 1300. The monoisotopic (exact) mass is 451 g/mol. The molecule has 0 saturated heterocycles. The maximum absolute atomic E-state index is 14.4. The van der Waals surface area contributed by atoms with Crippen LogP contribution in [0.4, 0.5) is 21.5 Å². The molecule has 2 N–H and O–H groups in total. The van der Waals surface area contributed by atoms with Crippen molar-refractivity contribution in [1.29, 1.82) is 0 Å². The fourth-order valence-corrected chi connectivity index (χ4v) is 3.46. The van der Waals surface area contributed by atoms with Crippen LogP contribution in [0.25, 0.3) is 10.9 Å². The molecule has 0 aliphatic carbocycles. The number of pyridine rings is 1. The van der Waals surface area contributed by atoms with Crippen LogP contribution in [-0.4, -0.2) is 25.1 Å². The molecule has 1 amide bonds. The summed E-state index contributed by atoms with van der Waals surface area (Å²) in [7, 11) is 3.08. The lowest BCUT2D eigenvalue weighted by molar-refractivity contribution is 0.102. The number of benzene rings is 3. The fourth-order valence-electron chi connectivity index (χ4n) is 3.26. The Morgan fingerprint density at radius 2 is 1.66 bits per heavy atom. The van der Waals surface area contributed by atoms with E-state index in [0.29, 0.717) is 34.0 Å². The number of nitrogens with zero attached hydrogens (tertiary/aromatic N) is 1. The number of hydrogen-bond acceptors (Lipinski definition) is 5. The lowest BCUT2D eigenvalue weighted by Crippen LogP contribution is -2.13. The Balaban J connectivity index is 1.68. The van der Waals surface area contributed by atoms with Crippen LogP contribution in [0.5, 0.6) is 11.5 Å². The largest absolute Gasteiger partial charge is 0.493 e. The van der Waals surface area contributed by atoms with Gasteiger partial charge >= 0.3 is 0 Å². The topological polar surface area (TPSA) is 72.5 Å². The van der Waals surface area contributed by atoms with Gasteiger partial charge in [-0.25, -0.2) is 9.37 Å². The summed E-state index contributed by atoms with van der Waals surface area (Å²) in [5.41, 5.74) is 2.25. The van der Waals surface area contributed by atoms with Crippen LogP contribution in [0.2, 0.25) is 5.15 Å². The van der Waals surface area contributed by atoms with E-state index in [1.807, 2.05) is 0 Å². The van der Waals surface area contributed by atoms with Gasteiger partial charge in [-0.05, 0) is 42.5 Å². The van der Waals surface area contributed by atoms with Gasteiger partial charge in [0.25, 0.3) is 5.91 Å². The fraction of sp³-hybridized carbons (Fsp3) is 0.0833. The molecular formula is C24H19ClFN3O3. The van der Waals surface area contributed by atoms with Crippen LogP contribution in [0.1, 0.15) is 10.4 Å². The number of carbonyl (C=O) groups is 1. The van der Waals surface area contributed by atoms with Crippen molar-refractivity contribution in [3.05, 3.63) is 83.3 Å². The van der Waals surface area contributed by atoms with Crippen molar-refractivity contribution in [3.63, 3.8) is 0 Å². The maximum Gasteiger partial charge on any atom is 0.255 e. The molecule has 4 rings (SSSR count). The first-order valence-corrected chi connectivity index (χ1v) is 10.0. The van der Waals surface area contributed by atoms with Crippen molar-refractivity contribution in [2.75, 3.05) is 24.9 Å². The molecule has 3 aromatic carbocycles. The minimum atomic E-state index is -0.552. The summed E-state index contributed by atoms with van der Waals surface area (Å²) in [6.07, 6.45) is 0. The van der Waals surface area contributed by atoms with Gasteiger partial charge in [0, 0.05) is 22.7 Å². The lowest BCUT2D eigenvalue weighted by Gasteiger charge is -2.15. The molecule has 0 radical (unpaired) electrons. The summed E-state index contributed by atoms with van der Waals surface area (Å²) in [4.78, 5) is 16.8. The number of aromatic nitrogens is 1. The summed E-state index contributed by atoms with van der Waals surface area (Å²) in [5, 5.41) is 6.82. The number of amides is 1. The highest BCUT2D eigenvalue weighted by Gasteiger charge is 2.14. The van der Waals surface area contributed by atoms with E-state index in [1.54, 1.807) is 61.7 Å². The van der Waals surface area contributed by atoms with E-state index >= 15 is 0 Å². The van der Waals surface area contributed by atoms with Crippen molar-refractivity contribution in [2.24, 2.45) is 0 Å². The molecule has 0 unspecified atom stereocenters. The van der Waals surface area contributed by atoms with Crippen molar-refractivity contribution >= 4 is 45.5 Å². The summed E-state index contributed by atoms with van der Waals surface area (Å²) in [5.74, 6) is 0.0928. The normalized spacial score (nSPS) is 10.6. The number of methoxy groups -OCH3 is 2. The molecule has 0 bridgehead atoms. The number of rotatable bonds is 6. The maximum atomic E-state index is 14.4. The quantitative estimate of drug-likeness (QED) is 0.350. The molecule has 4 aromatic rings. The Kier molecular flexibility index (Phi) is 6.09. The van der Waals surface area contributed by atoms with Gasteiger partial charge in [-0.15, -0.1) is 0 Å². The molecule has 0 saturated carbocycles. The highest BCUT2D eigenvalue weighted by molar-refractivity contribution is 6.30. The zero-order chi connectivity index (χ0) is 22.7. The summed E-state index contributed by atoms with van der Waals surface area (Å²) >= 11 is 6.21. The number of halogens is 2. The molecular weight excluding hydrogens is 433 g/mol. The van der Waals surface area contributed by atoms with Crippen molar-refractivity contribution < 1.29 is 18.7 Å². The zero-order valence-electron chi connectivity index (χ0n) is 17.3. The smallest absolute Gasteiger partial charge is 0.255 e. The van der Waals surface area contributed by atoms with E-state index in [4.69, 9.17) is 21.1 Å². The van der Waals surface area contributed by atoms with Crippen molar-refractivity contribution in [3.8, 4) is 11.5 Å². The lowest BCUT2D eigenvalue weighted by atomic mass is 10.1. The molecule has 0 aliphatic rings. The number of nitrogens with one attached hydrogen (secondary N) is 2. The standard InChI is InChI=1S/C24H19ClFN3O3/c1-31-21-11-16-18(12-22(21)32-2)28-23(25)13-19(16)27-15-8-9-17(26)20(10-15)29-24(30)14-6-4-3-5-7-14/h3-13H,1-2H3,(H,27,28)(H,29,30). The van der Waals surface area contributed by atoms with E-state index in [1.165, 1.54) is 19.2 Å². The molecule has 162 valence electrons. The third-order valence-corrected chi connectivity index (χ3v) is 5.01. The van der Waals surface area contributed by atoms with E-state index in [-0.39, 0.29) is 10.8 Å². The van der Waals surface area contributed by atoms with Crippen LogP contribution < -0.4 is 20.1 Å². The Morgan fingerprint density at radius 3 is 2.38 bits per heavy atom. The van der Waals surface area contributed by atoms with E-state index in [2.05, 4.69) is 15.6 Å². The number of ether oxygens (including phenoxy) is 2. The van der Waals surface area contributed by atoms with Crippen molar-refractivity contribution in [2.45, 2.75) is 0 Å². The second-order valence-corrected chi connectivity index (χ2v) is 7.24. The number of carbonyl (C=O) groups excluding carboxylic acids is 1. The van der Waals surface area contributed by atoms with Gasteiger partial charge in [-0.2, -0.15) is 0 Å². The summed E-state index contributed by atoms with van der Waals surface area (Å²) < 4.78 is 25.1. The first-order chi connectivity index (χ1) is 15.5. The molecule has 6 nitrogen and oxygen atoms in total. The molecule has 0 spiro atoms. The SMILES string of the molecule is COc1cc2nc(Cl)cc(Nc3ccc(F)c(NC(=O)c4ccccc4)c3)c2cc1OC. The number of fused-ring (bicyclic) bond motifs is 1. The van der Waals surface area contributed by atoms with Crippen LogP contribution in [0.15, 0.2) is 66.7 Å². The third kappa shape index (κ3) is 4.43. The van der Waals surface area contributed by atoms with Crippen LogP contribution >= 0.6 is 11.6 Å². The predicted molar refractivity (Wildman–Crippen MR) is 124 cm³/mol. The number of hydrogen-bond donors (Lipinski definition) is 2. The highest BCUT2D eigenvalue weighted by atomic mass is 35.5. The number of anilines is 3.